The van der Waals surface area contributed by atoms with Gasteiger partial charge in [-0.1, -0.05) is 40.5 Å². The third-order valence-corrected chi connectivity index (χ3v) is 6.91. The van der Waals surface area contributed by atoms with Gasteiger partial charge in [0.15, 0.2) is 0 Å². The predicted molar refractivity (Wildman–Crippen MR) is 96.2 cm³/mol. The van der Waals surface area contributed by atoms with Crippen molar-refractivity contribution in [2.45, 2.75) is 76.6 Å². The molecule has 1 aliphatic carbocycles. The maximum absolute atomic E-state index is 3.82. The molecule has 2 fully saturated rings. The molecule has 2 atom stereocenters. The Kier molecular flexibility index (Phi) is 6.46. The normalized spacial score (nSPS) is 30.4. The summed E-state index contributed by atoms with van der Waals surface area (Å²) in [6, 6.07) is 1.42. The molecular weight excluding hydrogens is 276 g/mol. The van der Waals surface area contributed by atoms with Gasteiger partial charge in [0.1, 0.15) is 0 Å². The molecule has 2 unspecified atom stereocenters. The first-order chi connectivity index (χ1) is 9.96. The summed E-state index contributed by atoms with van der Waals surface area (Å²) >= 11 is 2.14. The van der Waals surface area contributed by atoms with Gasteiger partial charge in [0.05, 0.1) is 0 Å². The van der Waals surface area contributed by atoms with Crippen molar-refractivity contribution >= 4 is 11.8 Å². The highest BCUT2D eigenvalue weighted by molar-refractivity contribution is 8.00. The van der Waals surface area contributed by atoms with E-state index in [0.29, 0.717) is 10.8 Å². The van der Waals surface area contributed by atoms with Crippen LogP contribution in [0, 0.1) is 11.8 Å². The zero-order valence-electron chi connectivity index (χ0n) is 14.8. The number of thioether (sulfide) groups is 1. The largest absolute Gasteiger partial charge is 0.311 e. The maximum atomic E-state index is 3.82. The lowest BCUT2D eigenvalue weighted by Crippen LogP contribution is -2.60. The van der Waals surface area contributed by atoms with Gasteiger partial charge in [-0.2, -0.15) is 11.8 Å². The Morgan fingerprint density at radius 1 is 1.19 bits per heavy atom. The number of piperazine rings is 1. The van der Waals surface area contributed by atoms with Crippen molar-refractivity contribution < 1.29 is 0 Å². The molecule has 0 spiro atoms. The topological polar surface area (TPSA) is 15.3 Å². The molecule has 1 heterocycles. The van der Waals surface area contributed by atoms with E-state index in [1.807, 2.05) is 0 Å². The Morgan fingerprint density at radius 2 is 1.86 bits per heavy atom. The minimum atomic E-state index is 0.548. The van der Waals surface area contributed by atoms with Crippen LogP contribution in [0.3, 0.4) is 0 Å². The molecule has 3 heteroatoms. The Balaban J connectivity index is 2.03. The van der Waals surface area contributed by atoms with Crippen molar-refractivity contribution in [3.8, 4) is 0 Å². The van der Waals surface area contributed by atoms with E-state index in [2.05, 4.69) is 55.9 Å². The Bertz CT molecular complexity index is 310. The standard InChI is InChI=1S/C18H36N2S/c1-14(2)10-16-12-20(17(11-19-16)15(3)4)13-18(21-5)8-6-7-9-18/h14-17,19H,6-13H2,1-5H3. The summed E-state index contributed by atoms with van der Waals surface area (Å²) in [6.07, 6.45) is 9.38. The average molecular weight is 313 g/mol. The lowest BCUT2D eigenvalue weighted by molar-refractivity contribution is 0.0824. The molecule has 1 aliphatic heterocycles. The predicted octanol–water partition coefficient (Wildman–Crippen LogP) is 4.01. The molecule has 124 valence electrons. The Morgan fingerprint density at radius 3 is 2.38 bits per heavy atom. The zero-order chi connectivity index (χ0) is 15.5. The highest BCUT2D eigenvalue weighted by Gasteiger charge is 2.39. The third-order valence-electron chi connectivity index (χ3n) is 5.50. The van der Waals surface area contributed by atoms with E-state index in [1.54, 1.807) is 0 Å². The first-order valence-corrected chi connectivity index (χ1v) is 10.2. The van der Waals surface area contributed by atoms with Crippen LogP contribution in [0.2, 0.25) is 0 Å². The van der Waals surface area contributed by atoms with Gasteiger partial charge in [0.25, 0.3) is 0 Å². The highest BCUT2D eigenvalue weighted by Crippen LogP contribution is 2.41. The van der Waals surface area contributed by atoms with Gasteiger partial charge in [0.2, 0.25) is 0 Å². The second kappa shape index (κ2) is 7.70. The van der Waals surface area contributed by atoms with E-state index in [1.165, 1.54) is 51.7 Å². The highest BCUT2D eigenvalue weighted by atomic mass is 32.2. The van der Waals surface area contributed by atoms with E-state index in [-0.39, 0.29) is 0 Å². The fraction of sp³-hybridized carbons (Fsp3) is 1.00. The third kappa shape index (κ3) is 4.62. The van der Waals surface area contributed by atoms with E-state index in [4.69, 9.17) is 0 Å². The van der Waals surface area contributed by atoms with E-state index >= 15 is 0 Å². The van der Waals surface area contributed by atoms with E-state index in [9.17, 15) is 0 Å². The number of hydrogen-bond donors (Lipinski definition) is 1. The summed E-state index contributed by atoms with van der Waals surface area (Å²) in [5.74, 6) is 1.54. The molecule has 21 heavy (non-hydrogen) atoms. The van der Waals surface area contributed by atoms with Gasteiger partial charge in [-0.3, -0.25) is 4.90 Å². The summed E-state index contributed by atoms with van der Waals surface area (Å²) < 4.78 is 0.548. The smallest absolute Gasteiger partial charge is 0.0284 e. The van der Waals surface area contributed by atoms with Crippen molar-refractivity contribution in [1.29, 1.82) is 0 Å². The van der Waals surface area contributed by atoms with Crippen LogP contribution < -0.4 is 5.32 Å². The fourth-order valence-electron chi connectivity index (χ4n) is 4.28. The minimum Gasteiger partial charge on any atom is -0.311 e. The molecule has 0 aromatic heterocycles. The van der Waals surface area contributed by atoms with Crippen LogP contribution in [0.15, 0.2) is 0 Å². The van der Waals surface area contributed by atoms with Gasteiger partial charge in [-0.05, 0) is 37.4 Å². The number of nitrogens with zero attached hydrogens (tertiary/aromatic N) is 1. The SMILES string of the molecule is CSC1(CN2CC(CC(C)C)NCC2C(C)C)CCCC1. The molecule has 0 radical (unpaired) electrons. The van der Waals surface area contributed by atoms with Crippen LogP contribution in [0.5, 0.6) is 0 Å². The fourth-order valence-corrected chi connectivity index (χ4v) is 5.27. The van der Waals surface area contributed by atoms with E-state index in [0.717, 1.165) is 17.9 Å². The summed E-state index contributed by atoms with van der Waals surface area (Å²) in [4.78, 5) is 2.84. The van der Waals surface area contributed by atoms with Gasteiger partial charge in [0, 0.05) is 36.5 Å². The van der Waals surface area contributed by atoms with Crippen LogP contribution in [-0.2, 0) is 0 Å². The average Bonchev–Trinajstić information content (AvgIpc) is 2.87. The Hall–Kier alpha value is 0.270. The molecule has 2 rings (SSSR count). The molecule has 0 aromatic carbocycles. The molecule has 1 saturated heterocycles. The molecule has 0 bridgehead atoms. The van der Waals surface area contributed by atoms with Crippen LogP contribution >= 0.6 is 11.8 Å². The Labute approximate surface area is 136 Å². The first kappa shape index (κ1) is 17.6. The second-order valence-electron chi connectivity index (χ2n) is 8.07. The summed E-state index contributed by atoms with van der Waals surface area (Å²) in [5, 5.41) is 3.82. The van der Waals surface area contributed by atoms with Gasteiger partial charge < -0.3 is 5.32 Å². The molecule has 2 aliphatic rings. The van der Waals surface area contributed by atoms with Crippen LogP contribution in [0.1, 0.15) is 59.8 Å². The first-order valence-electron chi connectivity index (χ1n) is 8.98. The van der Waals surface area contributed by atoms with Crippen LogP contribution in [0.25, 0.3) is 0 Å². The van der Waals surface area contributed by atoms with Crippen molar-refractivity contribution in [3.63, 3.8) is 0 Å². The van der Waals surface area contributed by atoms with Gasteiger partial charge in [-0.25, -0.2) is 0 Å². The molecule has 2 nitrogen and oxygen atoms in total. The van der Waals surface area contributed by atoms with Crippen molar-refractivity contribution in [2.24, 2.45) is 11.8 Å². The number of rotatable bonds is 6. The zero-order valence-corrected chi connectivity index (χ0v) is 15.6. The second-order valence-corrected chi connectivity index (χ2v) is 9.34. The van der Waals surface area contributed by atoms with E-state index < -0.39 is 0 Å². The number of nitrogens with one attached hydrogen (secondary N) is 1. The van der Waals surface area contributed by atoms with Crippen LogP contribution in [0.4, 0.5) is 0 Å². The minimum absolute atomic E-state index is 0.548. The molecule has 1 N–H and O–H groups in total. The molecule has 1 saturated carbocycles. The lowest BCUT2D eigenvalue weighted by Gasteiger charge is -2.46. The molecular formula is C18H36N2S. The van der Waals surface area contributed by atoms with Crippen molar-refractivity contribution in [1.82, 2.24) is 10.2 Å². The quantitative estimate of drug-likeness (QED) is 0.798. The van der Waals surface area contributed by atoms with Crippen LogP contribution in [-0.4, -0.2) is 47.6 Å². The summed E-state index contributed by atoms with van der Waals surface area (Å²) in [7, 11) is 0. The van der Waals surface area contributed by atoms with Crippen molar-refractivity contribution in [2.75, 3.05) is 25.9 Å². The lowest BCUT2D eigenvalue weighted by atomic mass is 9.93. The number of hydrogen-bond acceptors (Lipinski definition) is 3. The molecule has 0 aromatic rings. The monoisotopic (exact) mass is 312 g/mol. The van der Waals surface area contributed by atoms with Gasteiger partial charge in [-0.15, -0.1) is 0 Å². The summed E-state index contributed by atoms with van der Waals surface area (Å²) in [6.45, 7) is 13.2. The maximum Gasteiger partial charge on any atom is 0.0284 e. The molecule has 0 amide bonds. The summed E-state index contributed by atoms with van der Waals surface area (Å²) in [5.41, 5.74) is 0. The van der Waals surface area contributed by atoms with Gasteiger partial charge >= 0.3 is 0 Å². The van der Waals surface area contributed by atoms with Crippen molar-refractivity contribution in [3.05, 3.63) is 0 Å².